The SMILES string of the molecule is O=C(O)c1c[nH]c2c1-c1nc(-c3ccncc3)[nH]c1CCC2. The second kappa shape index (κ2) is 4.84. The number of carboxylic acid groups (broad SMARTS) is 1. The summed E-state index contributed by atoms with van der Waals surface area (Å²) >= 11 is 0. The molecule has 0 aliphatic heterocycles. The van der Waals surface area contributed by atoms with Crippen molar-refractivity contribution in [3.05, 3.63) is 47.7 Å². The Hall–Kier alpha value is -2.89. The van der Waals surface area contributed by atoms with Crippen molar-refractivity contribution in [2.75, 3.05) is 0 Å². The molecule has 3 aromatic heterocycles. The zero-order valence-electron chi connectivity index (χ0n) is 11.8. The Morgan fingerprint density at radius 1 is 1.18 bits per heavy atom. The Kier molecular flexibility index (Phi) is 2.82. The number of H-pyrrole nitrogens is 2. The molecule has 110 valence electrons. The van der Waals surface area contributed by atoms with E-state index in [9.17, 15) is 9.90 Å². The summed E-state index contributed by atoms with van der Waals surface area (Å²) in [6.07, 6.45) is 7.63. The highest BCUT2D eigenvalue weighted by molar-refractivity contribution is 5.97. The molecule has 3 N–H and O–H groups in total. The van der Waals surface area contributed by atoms with Crippen LogP contribution in [0.15, 0.2) is 30.7 Å². The highest BCUT2D eigenvalue weighted by Crippen LogP contribution is 2.35. The van der Waals surface area contributed by atoms with Crippen molar-refractivity contribution < 1.29 is 9.90 Å². The lowest BCUT2D eigenvalue weighted by Crippen LogP contribution is -1.98. The fourth-order valence-corrected chi connectivity index (χ4v) is 2.99. The van der Waals surface area contributed by atoms with Crippen LogP contribution in [-0.4, -0.2) is 31.0 Å². The first-order chi connectivity index (χ1) is 10.7. The molecular weight excluding hydrogens is 280 g/mol. The van der Waals surface area contributed by atoms with Gasteiger partial charge in [0.15, 0.2) is 0 Å². The smallest absolute Gasteiger partial charge is 0.337 e. The maximum absolute atomic E-state index is 11.5. The lowest BCUT2D eigenvalue weighted by molar-refractivity contribution is 0.0698. The third-order valence-corrected chi connectivity index (χ3v) is 4.02. The minimum Gasteiger partial charge on any atom is -0.478 e. The Morgan fingerprint density at radius 2 is 1.95 bits per heavy atom. The fourth-order valence-electron chi connectivity index (χ4n) is 2.99. The summed E-state index contributed by atoms with van der Waals surface area (Å²) in [5, 5.41) is 9.40. The Bertz CT molecular complexity index is 848. The van der Waals surface area contributed by atoms with Crippen LogP contribution in [0.25, 0.3) is 22.6 Å². The lowest BCUT2D eigenvalue weighted by atomic mass is 10.1. The largest absolute Gasteiger partial charge is 0.478 e. The number of imidazole rings is 1. The van der Waals surface area contributed by atoms with Crippen molar-refractivity contribution >= 4 is 5.97 Å². The number of fused-ring (bicyclic) bond motifs is 3. The summed E-state index contributed by atoms with van der Waals surface area (Å²) in [4.78, 5) is 26.6. The van der Waals surface area contributed by atoms with Gasteiger partial charge in [0.2, 0.25) is 0 Å². The van der Waals surface area contributed by atoms with Crippen molar-refractivity contribution in [3.8, 4) is 22.6 Å². The number of hydrogen-bond donors (Lipinski definition) is 3. The molecule has 0 aromatic carbocycles. The quantitative estimate of drug-likeness (QED) is 0.677. The third-order valence-electron chi connectivity index (χ3n) is 4.02. The molecule has 0 bridgehead atoms. The van der Waals surface area contributed by atoms with Gasteiger partial charge in [0.1, 0.15) is 5.82 Å². The van der Waals surface area contributed by atoms with Crippen molar-refractivity contribution in [2.45, 2.75) is 19.3 Å². The number of aromatic amines is 2. The second-order valence-corrected chi connectivity index (χ2v) is 5.36. The number of rotatable bonds is 2. The van der Waals surface area contributed by atoms with E-state index < -0.39 is 5.97 Å². The monoisotopic (exact) mass is 294 g/mol. The molecule has 6 heteroatoms. The average molecular weight is 294 g/mol. The lowest BCUT2D eigenvalue weighted by Gasteiger charge is -2.00. The van der Waals surface area contributed by atoms with Gasteiger partial charge in [-0.05, 0) is 31.4 Å². The number of pyridine rings is 1. The van der Waals surface area contributed by atoms with E-state index in [0.29, 0.717) is 0 Å². The molecule has 4 rings (SSSR count). The van der Waals surface area contributed by atoms with Crippen LogP contribution < -0.4 is 0 Å². The Balaban J connectivity index is 1.91. The molecule has 6 nitrogen and oxygen atoms in total. The molecular formula is C16H14N4O2. The summed E-state index contributed by atoms with van der Waals surface area (Å²) < 4.78 is 0. The van der Waals surface area contributed by atoms with E-state index in [0.717, 1.165) is 53.3 Å². The summed E-state index contributed by atoms with van der Waals surface area (Å²) in [5.74, 6) is -0.184. The van der Waals surface area contributed by atoms with Crippen LogP contribution in [0.2, 0.25) is 0 Å². The standard InChI is InChI=1S/C16H14N4O2/c21-16(22)10-8-18-11-2-1-3-12-14(13(10)11)20-15(19-12)9-4-6-17-7-5-9/h4-8,18H,1-3H2,(H,19,20)(H,21,22). The predicted molar refractivity (Wildman–Crippen MR) is 80.6 cm³/mol. The van der Waals surface area contributed by atoms with E-state index in [2.05, 4.69) is 19.9 Å². The molecule has 1 aliphatic carbocycles. The molecule has 0 radical (unpaired) electrons. The molecule has 3 aromatic rings. The van der Waals surface area contributed by atoms with Gasteiger partial charge in [-0.15, -0.1) is 0 Å². The van der Waals surface area contributed by atoms with Crippen LogP contribution in [-0.2, 0) is 12.8 Å². The van der Waals surface area contributed by atoms with Crippen molar-refractivity contribution in [3.63, 3.8) is 0 Å². The van der Waals surface area contributed by atoms with Gasteiger partial charge in [0.25, 0.3) is 0 Å². The molecule has 0 saturated carbocycles. The van der Waals surface area contributed by atoms with Crippen molar-refractivity contribution in [1.29, 1.82) is 0 Å². The molecule has 0 unspecified atom stereocenters. The number of carbonyl (C=O) groups is 1. The molecule has 22 heavy (non-hydrogen) atoms. The van der Waals surface area contributed by atoms with Crippen LogP contribution in [0.1, 0.15) is 28.2 Å². The molecule has 0 saturated heterocycles. The highest BCUT2D eigenvalue weighted by atomic mass is 16.4. The van der Waals surface area contributed by atoms with Gasteiger partial charge in [-0.3, -0.25) is 4.98 Å². The zero-order chi connectivity index (χ0) is 15.1. The Morgan fingerprint density at radius 3 is 2.73 bits per heavy atom. The average Bonchev–Trinajstić information content (AvgIpc) is 3.09. The van der Waals surface area contributed by atoms with E-state index in [1.165, 1.54) is 0 Å². The maximum Gasteiger partial charge on any atom is 0.337 e. The number of aromatic nitrogens is 4. The van der Waals surface area contributed by atoms with Gasteiger partial charge < -0.3 is 15.1 Å². The zero-order valence-corrected chi connectivity index (χ0v) is 11.8. The van der Waals surface area contributed by atoms with Gasteiger partial charge in [-0.2, -0.15) is 0 Å². The predicted octanol–water partition coefficient (Wildman–Crippen LogP) is 2.65. The van der Waals surface area contributed by atoms with Crippen molar-refractivity contribution in [1.82, 2.24) is 19.9 Å². The second-order valence-electron chi connectivity index (χ2n) is 5.36. The van der Waals surface area contributed by atoms with E-state index in [4.69, 9.17) is 0 Å². The first kappa shape index (κ1) is 12.8. The molecule has 0 spiro atoms. The molecule has 1 aliphatic rings. The minimum absolute atomic E-state index is 0.283. The van der Waals surface area contributed by atoms with Gasteiger partial charge in [-0.25, -0.2) is 9.78 Å². The highest BCUT2D eigenvalue weighted by Gasteiger charge is 2.26. The van der Waals surface area contributed by atoms with Gasteiger partial charge in [0.05, 0.1) is 11.3 Å². The van der Waals surface area contributed by atoms with Crippen LogP contribution in [0.3, 0.4) is 0 Å². The van der Waals surface area contributed by atoms with E-state index in [1.807, 2.05) is 12.1 Å². The number of aromatic carboxylic acids is 1. The first-order valence-corrected chi connectivity index (χ1v) is 7.17. The molecule has 0 fully saturated rings. The van der Waals surface area contributed by atoms with Gasteiger partial charge >= 0.3 is 5.97 Å². The number of nitrogens with zero attached hydrogens (tertiary/aromatic N) is 2. The minimum atomic E-state index is -0.932. The third kappa shape index (κ3) is 1.92. The van der Waals surface area contributed by atoms with Crippen LogP contribution in [0, 0.1) is 0 Å². The summed E-state index contributed by atoms with van der Waals surface area (Å²) in [5.41, 5.74) is 4.63. The number of carboxylic acids is 1. The molecule has 0 amide bonds. The normalized spacial score (nSPS) is 13.3. The summed E-state index contributed by atoms with van der Waals surface area (Å²) in [7, 11) is 0. The van der Waals surface area contributed by atoms with Crippen LogP contribution in [0.4, 0.5) is 0 Å². The van der Waals surface area contributed by atoms with Gasteiger partial charge in [0, 0.05) is 41.1 Å². The molecule has 0 atom stereocenters. The van der Waals surface area contributed by atoms with Gasteiger partial charge in [-0.1, -0.05) is 0 Å². The molecule has 3 heterocycles. The van der Waals surface area contributed by atoms with E-state index in [-0.39, 0.29) is 5.56 Å². The first-order valence-electron chi connectivity index (χ1n) is 7.17. The topological polar surface area (TPSA) is 94.7 Å². The van der Waals surface area contributed by atoms with E-state index >= 15 is 0 Å². The van der Waals surface area contributed by atoms with E-state index in [1.54, 1.807) is 18.6 Å². The van der Waals surface area contributed by atoms with Crippen LogP contribution >= 0.6 is 0 Å². The number of hydrogen-bond acceptors (Lipinski definition) is 3. The van der Waals surface area contributed by atoms with Crippen molar-refractivity contribution in [2.24, 2.45) is 0 Å². The number of nitrogens with one attached hydrogen (secondary N) is 2. The summed E-state index contributed by atoms with van der Waals surface area (Å²) in [6.45, 7) is 0. The number of aryl methyl sites for hydroxylation is 2. The Labute approximate surface area is 126 Å². The fraction of sp³-hybridized carbons (Fsp3) is 0.188. The summed E-state index contributed by atoms with van der Waals surface area (Å²) in [6, 6.07) is 3.77. The van der Waals surface area contributed by atoms with Crippen LogP contribution in [0.5, 0.6) is 0 Å². The maximum atomic E-state index is 11.5.